The Labute approximate surface area is 87.8 Å². The van der Waals surface area contributed by atoms with Crippen molar-refractivity contribution >= 4 is 6.08 Å². The van der Waals surface area contributed by atoms with Gasteiger partial charge in [0.1, 0.15) is 0 Å². The maximum Gasteiger partial charge on any atom is 0.234 e. The van der Waals surface area contributed by atoms with Crippen LogP contribution in [0.2, 0.25) is 0 Å². The molecule has 0 aromatic heterocycles. The molecule has 1 atom stereocenters. The van der Waals surface area contributed by atoms with E-state index in [4.69, 9.17) is 0 Å². The molecule has 0 radical (unpaired) electrons. The summed E-state index contributed by atoms with van der Waals surface area (Å²) in [7, 11) is 0. The molecule has 0 aromatic carbocycles. The van der Waals surface area contributed by atoms with E-state index in [2.05, 4.69) is 39.6 Å². The third-order valence-corrected chi connectivity index (χ3v) is 3.24. The van der Waals surface area contributed by atoms with Gasteiger partial charge in [-0.2, -0.15) is 0 Å². The van der Waals surface area contributed by atoms with Crippen LogP contribution in [0.4, 0.5) is 0 Å². The lowest BCUT2D eigenvalue weighted by Gasteiger charge is -2.35. The second kappa shape index (κ2) is 5.31. The summed E-state index contributed by atoms with van der Waals surface area (Å²) in [6.07, 6.45) is 4.96. The summed E-state index contributed by atoms with van der Waals surface area (Å²) in [6, 6.07) is 0. The fraction of sp³-hybridized carbons (Fsp3) is 0.917. The van der Waals surface area contributed by atoms with E-state index in [1.54, 1.807) is 6.08 Å². The van der Waals surface area contributed by atoms with Gasteiger partial charge in [0.15, 0.2) is 0 Å². The molecule has 0 N–H and O–H groups in total. The number of carbonyl (C=O) groups excluding carboxylic acids is 1. The second-order valence-electron chi connectivity index (χ2n) is 5.27. The quantitative estimate of drug-likeness (QED) is 0.473. The van der Waals surface area contributed by atoms with Crippen molar-refractivity contribution in [2.45, 2.75) is 53.9 Å². The van der Waals surface area contributed by atoms with Crippen LogP contribution < -0.4 is 0 Å². The number of isocyanates is 1. The van der Waals surface area contributed by atoms with Crippen molar-refractivity contribution in [1.29, 1.82) is 0 Å². The molecule has 0 heterocycles. The molecule has 0 aliphatic heterocycles. The highest BCUT2D eigenvalue weighted by Gasteiger charge is 2.29. The summed E-state index contributed by atoms with van der Waals surface area (Å²) >= 11 is 0. The summed E-state index contributed by atoms with van der Waals surface area (Å²) in [6.45, 7) is 11.7. The molecule has 0 bridgehead atoms. The highest BCUT2D eigenvalue weighted by Crippen LogP contribution is 2.38. The van der Waals surface area contributed by atoms with Crippen molar-refractivity contribution in [2.75, 3.05) is 6.54 Å². The van der Waals surface area contributed by atoms with Crippen molar-refractivity contribution in [3.63, 3.8) is 0 Å². The lowest BCUT2D eigenvalue weighted by atomic mass is 9.71. The number of hydrogen-bond donors (Lipinski definition) is 0. The van der Waals surface area contributed by atoms with Crippen LogP contribution in [0.3, 0.4) is 0 Å². The topological polar surface area (TPSA) is 29.4 Å². The molecule has 0 aliphatic carbocycles. The first kappa shape index (κ1) is 13.4. The lowest BCUT2D eigenvalue weighted by Crippen LogP contribution is -2.27. The van der Waals surface area contributed by atoms with Crippen LogP contribution in [0.5, 0.6) is 0 Å². The van der Waals surface area contributed by atoms with Crippen LogP contribution in [0.15, 0.2) is 4.99 Å². The van der Waals surface area contributed by atoms with E-state index < -0.39 is 0 Å². The summed E-state index contributed by atoms with van der Waals surface area (Å²) in [5.74, 6) is 0. The van der Waals surface area contributed by atoms with Gasteiger partial charge < -0.3 is 0 Å². The van der Waals surface area contributed by atoms with Gasteiger partial charge in [-0.3, -0.25) is 0 Å². The SMILES string of the molecule is CCC(C)(C)CC(C)(CC)CN=C=O. The Bertz CT molecular complexity index is 216. The maximum absolute atomic E-state index is 10.1. The summed E-state index contributed by atoms with van der Waals surface area (Å²) < 4.78 is 0. The molecule has 0 saturated heterocycles. The monoisotopic (exact) mass is 197 g/mol. The molecular weight excluding hydrogens is 174 g/mol. The van der Waals surface area contributed by atoms with Gasteiger partial charge in [0.25, 0.3) is 0 Å². The van der Waals surface area contributed by atoms with E-state index >= 15 is 0 Å². The highest BCUT2D eigenvalue weighted by atomic mass is 16.1. The number of rotatable bonds is 6. The van der Waals surface area contributed by atoms with Crippen LogP contribution >= 0.6 is 0 Å². The molecule has 0 spiro atoms. The molecule has 1 unspecified atom stereocenters. The van der Waals surface area contributed by atoms with Gasteiger partial charge in [-0.25, -0.2) is 9.79 Å². The van der Waals surface area contributed by atoms with Gasteiger partial charge >= 0.3 is 0 Å². The zero-order valence-corrected chi connectivity index (χ0v) is 10.2. The Morgan fingerprint density at radius 1 is 1.14 bits per heavy atom. The Balaban J connectivity index is 4.45. The predicted octanol–water partition coefficient (Wildman–Crippen LogP) is 3.56. The van der Waals surface area contributed by atoms with Crippen molar-refractivity contribution in [1.82, 2.24) is 0 Å². The van der Waals surface area contributed by atoms with Crippen molar-refractivity contribution in [3.05, 3.63) is 0 Å². The molecular formula is C12H23NO. The van der Waals surface area contributed by atoms with Crippen LogP contribution in [0.1, 0.15) is 53.9 Å². The third-order valence-electron chi connectivity index (χ3n) is 3.24. The Kier molecular flexibility index (Phi) is 5.07. The van der Waals surface area contributed by atoms with Crippen LogP contribution in [0.25, 0.3) is 0 Å². The standard InChI is InChI=1S/C12H23NO/c1-6-11(3,4)8-12(5,7-2)9-13-10-14/h6-9H2,1-5H3. The normalized spacial score (nSPS) is 15.8. The van der Waals surface area contributed by atoms with Gasteiger partial charge in [0.2, 0.25) is 6.08 Å². The predicted molar refractivity (Wildman–Crippen MR) is 60.1 cm³/mol. The minimum atomic E-state index is 0.150. The maximum atomic E-state index is 10.1. The van der Waals surface area contributed by atoms with E-state index in [1.807, 2.05) is 0 Å². The first-order chi connectivity index (χ1) is 6.39. The molecule has 2 heteroatoms. The summed E-state index contributed by atoms with van der Waals surface area (Å²) in [5.41, 5.74) is 0.486. The molecule has 0 aromatic rings. The van der Waals surface area contributed by atoms with E-state index in [1.165, 1.54) is 0 Å². The van der Waals surface area contributed by atoms with Gasteiger partial charge in [0, 0.05) is 0 Å². The zero-order valence-electron chi connectivity index (χ0n) is 10.2. The van der Waals surface area contributed by atoms with Crippen LogP contribution in [-0.2, 0) is 4.79 Å². The minimum Gasteiger partial charge on any atom is -0.211 e. The van der Waals surface area contributed by atoms with Crippen molar-refractivity contribution < 1.29 is 4.79 Å². The lowest BCUT2D eigenvalue weighted by molar-refractivity contribution is 0.172. The molecule has 0 saturated carbocycles. The molecule has 14 heavy (non-hydrogen) atoms. The minimum absolute atomic E-state index is 0.150. The zero-order chi connectivity index (χ0) is 11.2. The second-order valence-corrected chi connectivity index (χ2v) is 5.27. The van der Waals surface area contributed by atoms with E-state index in [0.29, 0.717) is 12.0 Å². The molecule has 0 aliphatic rings. The van der Waals surface area contributed by atoms with Gasteiger partial charge in [-0.1, -0.05) is 41.0 Å². The fourth-order valence-corrected chi connectivity index (χ4v) is 1.80. The largest absolute Gasteiger partial charge is 0.234 e. The van der Waals surface area contributed by atoms with E-state index in [9.17, 15) is 4.79 Å². The molecule has 0 amide bonds. The fourth-order valence-electron chi connectivity index (χ4n) is 1.80. The van der Waals surface area contributed by atoms with Crippen molar-refractivity contribution in [3.8, 4) is 0 Å². The average molecular weight is 197 g/mol. The molecule has 82 valence electrons. The number of nitrogens with zero attached hydrogens (tertiary/aromatic N) is 1. The summed E-state index contributed by atoms with van der Waals surface area (Å²) in [5, 5.41) is 0. The Morgan fingerprint density at radius 3 is 2.07 bits per heavy atom. The van der Waals surface area contributed by atoms with Crippen LogP contribution in [0, 0.1) is 10.8 Å². The van der Waals surface area contributed by atoms with Gasteiger partial charge in [0.05, 0.1) is 6.54 Å². The first-order valence-corrected chi connectivity index (χ1v) is 5.43. The molecule has 0 fully saturated rings. The van der Waals surface area contributed by atoms with E-state index in [0.717, 1.165) is 19.3 Å². The third kappa shape index (κ3) is 4.57. The number of hydrogen-bond acceptors (Lipinski definition) is 2. The summed E-state index contributed by atoms with van der Waals surface area (Å²) in [4.78, 5) is 13.8. The average Bonchev–Trinajstić information content (AvgIpc) is 2.14. The highest BCUT2D eigenvalue weighted by molar-refractivity contribution is 5.33. The van der Waals surface area contributed by atoms with Gasteiger partial charge in [-0.15, -0.1) is 0 Å². The first-order valence-electron chi connectivity index (χ1n) is 5.43. The van der Waals surface area contributed by atoms with E-state index in [-0.39, 0.29) is 5.41 Å². The van der Waals surface area contributed by atoms with Gasteiger partial charge in [-0.05, 0) is 23.7 Å². The van der Waals surface area contributed by atoms with Crippen molar-refractivity contribution in [2.24, 2.45) is 15.8 Å². The Hall–Kier alpha value is -0.620. The molecule has 2 nitrogen and oxygen atoms in total. The Morgan fingerprint density at radius 2 is 1.71 bits per heavy atom. The van der Waals surface area contributed by atoms with Crippen LogP contribution in [-0.4, -0.2) is 12.6 Å². The smallest absolute Gasteiger partial charge is 0.211 e. The molecule has 0 rings (SSSR count). The number of aliphatic imine (C=N–C) groups is 1.